The van der Waals surface area contributed by atoms with Crippen LogP contribution in [0, 0.1) is 22.9 Å². The van der Waals surface area contributed by atoms with Crippen molar-refractivity contribution in [2.45, 2.75) is 6.55 Å². The number of hydrogen-bond acceptors (Lipinski definition) is 2. The molecule has 0 unspecified atom stereocenters. The Hall–Kier alpha value is -2.88. The van der Waals surface area contributed by atoms with Gasteiger partial charge >= 0.3 is 0 Å². The summed E-state index contributed by atoms with van der Waals surface area (Å²) in [5, 5.41) is 0. The summed E-state index contributed by atoms with van der Waals surface area (Å²) >= 11 is 0. The molecule has 0 amide bonds. The van der Waals surface area contributed by atoms with Crippen molar-refractivity contribution in [1.82, 2.24) is 0 Å². The van der Waals surface area contributed by atoms with Crippen LogP contribution in [0.4, 0.5) is 0 Å². The van der Waals surface area contributed by atoms with E-state index in [2.05, 4.69) is 36.1 Å². The second-order valence-electron chi connectivity index (χ2n) is 5.36. The Bertz CT molecular complexity index is 747. The lowest BCUT2D eigenvalue weighted by Crippen LogP contribution is -2.23. The molecule has 0 bridgehead atoms. The minimum Gasteiger partial charge on any atom is -0.497 e. The molecule has 0 fully saturated rings. The van der Waals surface area contributed by atoms with Crippen LogP contribution >= 0.6 is 0 Å². The van der Waals surface area contributed by atoms with E-state index in [0.717, 1.165) is 22.6 Å². The molecule has 24 heavy (non-hydrogen) atoms. The minimum atomic E-state index is -2.15. The largest absolute Gasteiger partial charge is 0.497 e. The lowest BCUT2D eigenvalue weighted by molar-refractivity contribution is 0.414. The molecule has 0 radical (unpaired) electrons. The molecule has 0 aromatic heterocycles. The molecule has 2 aromatic carbocycles. The van der Waals surface area contributed by atoms with Crippen LogP contribution in [0.15, 0.2) is 60.8 Å². The molecule has 2 aromatic rings. The molecule has 2 nitrogen and oxygen atoms in total. The number of ether oxygens (including phenoxy) is 2. The monoisotopic (exact) mass is 332 g/mol. The highest BCUT2D eigenvalue weighted by Crippen LogP contribution is 2.12. The van der Waals surface area contributed by atoms with Crippen LogP contribution in [-0.2, 0) is 0 Å². The number of benzene rings is 2. The molecule has 0 saturated carbocycles. The van der Waals surface area contributed by atoms with Gasteiger partial charge in [-0.25, -0.2) is 0 Å². The van der Waals surface area contributed by atoms with E-state index in [1.54, 1.807) is 14.2 Å². The Kier molecular flexibility index (Phi) is 5.90. The van der Waals surface area contributed by atoms with Gasteiger partial charge in [0.25, 0.3) is 0 Å². The molecule has 0 aliphatic carbocycles. The highest BCUT2D eigenvalue weighted by atomic mass is 28.3. The first-order valence-electron chi connectivity index (χ1n) is 7.56. The molecule has 120 valence electrons. The SMILES string of the molecule is C=C[Si](C)(C#Cc1ccc(OC)cc1)C#Cc1ccc(OC)cc1. The third-order valence-corrected chi connectivity index (χ3v) is 5.63. The topological polar surface area (TPSA) is 18.5 Å². The lowest BCUT2D eigenvalue weighted by Gasteiger charge is -2.06. The van der Waals surface area contributed by atoms with Gasteiger partial charge in [0.05, 0.1) is 14.2 Å². The second-order valence-corrected chi connectivity index (χ2v) is 8.68. The van der Waals surface area contributed by atoms with Gasteiger partial charge < -0.3 is 9.47 Å². The van der Waals surface area contributed by atoms with Crippen LogP contribution in [0.2, 0.25) is 6.55 Å². The van der Waals surface area contributed by atoms with Crippen molar-refractivity contribution < 1.29 is 9.47 Å². The first kappa shape index (κ1) is 17.5. The first-order valence-corrected chi connectivity index (χ1v) is 10.1. The lowest BCUT2D eigenvalue weighted by atomic mass is 10.2. The summed E-state index contributed by atoms with van der Waals surface area (Å²) in [4.78, 5) is 0. The third-order valence-electron chi connectivity index (χ3n) is 3.52. The van der Waals surface area contributed by atoms with Crippen molar-refractivity contribution in [2.75, 3.05) is 14.2 Å². The Morgan fingerprint density at radius 2 is 1.17 bits per heavy atom. The summed E-state index contributed by atoms with van der Waals surface area (Å²) in [6.45, 7) is 6.02. The van der Waals surface area contributed by atoms with Crippen molar-refractivity contribution in [1.29, 1.82) is 0 Å². The Morgan fingerprint density at radius 1 is 0.792 bits per heavy atom. The van der Waals surface area contributed by atoms with Gasteiger partial charge in [-0.1, -0.05) is 17.5 Å². The van der Waals surface area contributed by atoms with E-state index in [0.29, 0.717) is 0 Å². The fourth-order valence-electron chi connectivity index (χ4n) is 1.89. The number of rotatable bonds is 3. The first-order chi connectivity index (χ1) is 11.6. The number of methoxy groups -OCH3 is 2. The van der Waals surface area contributed by atoms with Gasteiger partial charge in [0.15, 0.2) is 0 Å². The molecule has 2 rings (SSSR count). The fourth-order valence-corrected chi connectivity index (χ4v) is 2.96. The average Bonchev–Trinajstić information content (AvgIpc) is 2.65. The van der Waals surface area contributed by atoms with Crippen LogP contribution in [0.5, 0.6) is 11.5 Å². The molecular formula is C21H20O2Si. The summed E-state index contributed by atoms with van der Waals surface area (Å²) in [7, 11) is 1.15. The van der Waals surface area contributed by atoms with Gasteiger partial charge in [-0.3, -0.25) is 0 Å². The Morgan fingerprint density at radius 3 is 1.46 bits per heavy atom. The molecule has 0 spiro atoms. The van der Waals surface area contributed by atoms with Crippen LogP contribution < -0.4 is 9.47 Å². The van der Waals surface area contributed by atoms with E-state index >= 15 is 0 Å². The van der Waals surface area contributed by atoms with Crippen LogP contribution in [-0.4, -0.2) is 22.3 Å². The highest BCUT2D eigenvalue weighted by molar-refractivity contribution is 6.97. The minimum absolute atomic E-state index is 0.823. The normalized spacial score (nSPS) is 9.79. The zero-order valence-corrected chi connectivity index (χ0v) is 15.2. The zero-order valence-electron chi connectivity index (χ0n) is 14.2. The molecule has 0 aliphatic rings. The van der Waals surface area contributed by atoms with Crippen molar-refractivity contribution in [3.05, 3.63) is 71.9 Å². The molecule has 3 heteroatoms. The molecular weight excluding hydrogens is 312 g/mol. The van der Waals surface area contributed by atoms with E-state index in [1.807, 2.05) is 54.2 Å². The smallest absolute Gasteiger partial charge is 0.236 e. The maximum absolute atomic E-state index is 5.15. The highest BCUT2D eigenvalue weighted by Gasteiger charge is 2.17. The fraction of sp³-hybridized carbons (Fsp3) is 0.143. The molecule has 0 aliphatic heterocycles. The van der Waals surface area contributed by atoms with E-state index in [1.165, 1.54) is 0 Å². The van der Waals surface area contributed by atoms with Gasteiger partial charge in [-0.05, 0) is 55.1 Å². The maximum Gasteiger partial charge on any atom is 0.236 e. The summed E-state index contributed by atoms with van der Waals surface area (Å²) in [6.07, 6.45) is 0. The molecule has 0 N–H and O–H groups in total. The predicted molar refractivity (Wildman–Crippen MR) is 102 cm³/mol. The average molecular weight is 332 g/mol. The van der Waals surface area contributed by atoms with Gasteiger partial charge in [-0.2, -0.15) is 0 Å². The van der Waals surface area contributed by atoms with Gasteiger partial charge in [-0.15, -0.1) is 17.7 Å². The second kappa shape index (κ2) is 8.11. The quantitative estimate of drug-likeness (QED) is 0.625. The summed E-state index contributed by atoms with van der Waals surface area (Å²) in [6, 6.07) is 15.4. The van der Waals surface area contributed by atoms with E-state index in [4.69, 9.17) is 9.47 Å². The molecule has 0 heterocycles. The van der Waals surface area contributed by atoms with Gasteiger partial charge in [0.1, 0.15) is 11.5 Å². The van der Waals surface area contributed by atoms with Crippen molar-refractivity contribution >= 4 is 8.07 Å². The van der Waals surface area contributed by atoms with Crippen LogP contribution in [0.25, 0.3) is 0 Å². The summed E-state index contributed by atoms with van der Waals surface area (Å²) in [5.41, 5.74) is 10.4. The zero-order chi connectivity index (χ0) is 17.4. The summed E-state index contributed by atoms with van der Waals surface area (Å²) in [5.74, 6) is 8.05. The standard InChI is InChI=1S/C21H20O2Si/c1-5-24(4,16-14-18-6-10-20(22-2)11-7-18)17-15-19-8-12-21(23-3)13-9-19/h5-13H,1H2,2-4H3. The number of hydrogen-bond donors (Lipinski definition) is 0. The van der Waals surface area contributed by atoms with Crippen LogP contribution in [0.3, 0.4) is 0 Å². The van der Waals surface area contributed by atoms with E-state index in [-0.39, 0.29) is 0 Å². The van der Waals surface area contributed by atoms with E-state index in [9.17, 15) is 0 Å². The van der Waals surface area contributed by atoms with E-state index < -0.39 is 8.07 Å². The molecule has 0 atom stereocenters. The summed E-state index contributed by atoms with van der Waals surface area (Å²) < 4.78 is 10.3. The van der Waals surface area contributed by atoms with Crippen molar-refractivity contribution in [3.8, 4) is 34.4 Å². The Balaban J connectivity index is 2.20. The van der Waals surface area contributed by atoms with Crippen molar-refractivity contribution in [2.24, 2.45) is 0 Å². The predicted octanol–water partition coefficient (Wildman–Crippen LogP) is 3.99. The molecule has 0 saturated heterocycles. The van der Waals surface area contributed by atoms with Crippen molar-refractivity contribution in [3.63, 3.8) is 0 Å². The third kappa shape index (κ3) is 4.81. The van der Waals surface area contributed by atoms with Gasteiger partial charge in [0, 0.05) is 11.1 Å². The van der Waals surface area contributed by atoms with Crippen LogP contribution in [0.1, 0.15) is 11.1 Å². The van der Waals surface area contributed by atoms with Gasteiger partial charge in [0.2, 0.25) is 8.07 Å². The Labute approximate surface area is 145 Å². The maximum atomic E-state index is 5.15.